The van der Waals surface area contributed by atoms with E-state index in [2.05, 4.69) is 72.0 Å². The molecule has 0 aliphatic carbocycles. The van der Waals surface area contributed by atoms with E-state index in [9.17, 15) is 13.0 Å². The van der Waals surface area contributed by atoms with E-state index in [4.69, 9.17) is 0 Å². The first-order valence-corrected chi connectivity index (χ1v) is 15.5. The van der Waals surface area contributed by atoms with Crippen LogP contribution in [0.1, 0.15) is 52.9 Å². The van der Waals surface area contributed by atoms with E-state index in [1.165, 1.54) is 0 Å². The first kappa shape index (κ1) is 27.0. The first-order chi connectivity index (χ1) is 17.4. The van der Waals surface area contributed by atoms with Gasteiger partial charge in [0.05, 0.1) is 11.4 Å². The van der Waals surface area contributed by atoms with E-state index in [0.717, 1.165) is 59.9 Å². The zero-order valence-electron chi connectivity index (χ0n) is 21.6. The molecule has 0 amide bonds. The molecule has 0 fully saturated rings. The molecule has 36 heavy (non-hydrogen) atoms. The fraction of sp³-hybridized carbons (Fsp3) is 0.500. The summed E-state index contributed by atoms with van der Waals surface area (Å²) in [4.78, 5) is 8.97. The van der Waals surface area contributed by atoms with Gasteiger partial charge < -0.3 is 9.80 Å². The van der Waals surface area contributed by atoms with Crippen molar-refractivity contribution in [2.45, 2.75) is 80.1 Å². The highest BCUT2D eigenvalue weighted by Crippen LogP contribution is 2.48. The second-order valence-corrected chi connectivity index (χ2v) is 12.3. The smallest absolute Gasteiger partial charge is 0.271 e. The number of para-hydroxylation sites is 2. The lowest BCUT2D eigenvalue weighted by atomic mass is 10.0. The molecule has 0 radical (unpaired) electrons. The van der Waals surface area contributed by atoms with Crippen molar-refractivity contribution in [3.05, 3.63) is 60.8 Å². The van der Waals surface area contributed by atoms with Crippen LogP contribution in [0.15, 0.2) is 70.6 Å². The molecular weight excluding hydrogens is 490 g/mol. The van der Waals surface area contributed by atoms with Crippen LogP contribution in [0.4, 0.5) is 11.4 Å². The van der Waals surface area contributed by atoms with Crippen molar-refractivity contribution in [2.75, 3.05) is 24.5 Å². The van der Waals surface area contributed by atoms with Gasteiger partial charge in [0.1, 0.15) is 11.4 Å². The van der Waals surface area contributed by atoms with Gasteiger partial charge in [-0.05, 0) is 56.1 Å². The lowest BCUT2D eigenvalue weighted by Crippen LogP contribution is -2.61. The Morgan fingerprint density at radius 1 is 0.889 bits per heavy atom. The topological polar surface area (TPSA) is 64.1 Å². The van der Waals surface area contributed by atoms with Crippen LogP contribution in [0.5, 0.6) is 0 Å². The summed E-state index contributed by atoms with van der Waals surface area (Å²) in [6.45, 7) is 8.43. The maximum absolute atomic E-state index is 13.0. The molecular formula is C28H39N3O3S2. The largest absolute Gasteiger partial charge is 0.361 e. The van der Waals surface area contributed by atoms with E-state index in [0.29, 0.717) is 13.0 Å². The van der Waals surface area contributed by atoms with Crippen molar-refractivity contribution in [3.8, 4) is 0 Å². The third kappa shape index (κ3) is 5.77. The second-order valence-electron chi connectivity index (χ2n) is 9.62. The minimum atomic E-state index is -4.31. The Bertz CT molecular complexity index is 1110. The van der Waals surface area contributed by atoms with Crippen LogP contribution in [-0.4, -0.2) is 59.9 Å². The number of hydrogen-bond donors (Lipinski definition) is 1. The minimum Gasteiger partial charge on any atom is -0.361 e. The lowest BCUT2D eigenvalue weighted by molar-refractivity contribution is 0.0289. The molecule has 0 saturated heterocycles. The SMILES string of the molecule is CCCC1C=CN(CCC)C(C(CCN2c3ccccc3Sc3ccccc32)S(=O)(=O)O)N1CCC. The van der Waals surface area contributed by atoms with Crippen molar-refractivity contribution in [2.24, 2.45) is 0 Å². The molecule has 8 heteroatoms. The number of nitrogens with zero attached hydrogens (tertiary/aromatic N) is 3. The molecule has 2 aliphatic heterocycles. The number of rotatable bonds is 11. The van der Waals surface area contributed by atoms with E-state index in [1.54, 1.807) is 11.8 Å². The van der Waals surface area contributed by atoms with Crippen molar-refractivity contribution in [1.82, 2.24) is 9.80 Å². The zero-order valence-corrected chi connectivity index (χ0v) is 23.2. The summed E-state index contributed by atoms with van der Waals surface area (Å²) in [7, 11) is -4.31. The molecule has 0 spiro atoms. The third-order valence-electron chi connectivity index (χ3n) is 7.04. The van der Waals surface area contributed by atoms with Crippen molar-refractivity contribution >= 4 is 33.3 Å². The second kappa shape index (κ2) is 12.0. The molecule has 6 nitrogen and oxygen atoms in total. The first-order valence-electron chi connectivity index (χ1n) is 13.2. The summed E-state index contributed by atoms with van der Waals surface area (Å²) in [5, 5.41) is -0.922. The highest BCUT2D eigenvalue weighted by atomic mass is 32.2. The Morgan fingerprint density at radius 2 is 1.50 bits per heavy atom. The molecule has 4 rings (SSSR count). The number of hydrogen-bond acceptors (Lipinski definition) is 6. The number of anilines is 2. The summed E-state index contributed by atoms with van der Waals surface area (Å²) in [5.41, 5.74) is 2.16. The van der Waals surface area contributed by atoms with Crippen LogP contribution in [-0.2, 0) is 10.1 Å². The van der Waals surface area contributed by atoms with E-state index in [1.807, 2.05) is 24.3 Å². The van der Waals surface area contributed by atoms with Gasteiger partial charge in [0.15, 0.2) is 0 Å². The Morgan fingerprint density at radius 3 is 2.06 bits per heavy atom. The number of benzene rings is 2. The summed E-state index contributed by atoms with van der Waals surface area (Å²) in [6.07, 6.45) is 8.02. The van der Waals surface area contributed by atoms with Gasteiger partial charge in [0, 0.05) is 35.5 Å². The van der Waals surface area contributed by atoms with Crippen LogP contribution in [0, 0.1) is 0 Å². The van der Waals surface area contributed by atoms with Gasteiger partial charge in [0.2, 0.25) is 0 Å². The summed E-state index contributed by atoms with van der Waals surface area (Å²) in [6, 6.07) is 16.7. The average molecular weight is 530 g/mol. The Labute approximate surface area is 221 Å². The predicted molar refractivity (Wildman–Crippen MR) is 150 cm³/mol. The third-order valence-corrected chi connectivity index (χ3v) is 9.41. The molecule has 196 valence electrons. The lowest BCUT2D eigenvalue weighted by Gasteiger charge is -2.48. The maximum Gasteiger partial charge on any atom is 0.271 e. The van der Waals surface area contributed by atoms with Gasteiger partial charge in [-0.2, -0.15) is 8.42 Å². The van der Waals surface area contributed by atoms with Crippen LogP contribution in [0.25, 0.3) is 0 Å². The van der Waals surface area contributed by atoms with Crippen LogP contribution in [0.2, 0.25) is 0 Å². The van der Waals surface area contributed by atoms with E-state index < -0.39 is 21.5 Å². The summed E-state index contributed by atoms with van der Waals surface area (Å²) in [5.74, 6) is 0. The maximum atomic E-state index is 13.0. The van der Waals surface area contributed by atoms with Crippen molar-refractivity contribution in [3.63, 3.8) is 0 Å². The molecule has 2 aliphatic rings. The Kier molecular flexibility index (Phi) is 9.04. The molecule has 0 aromatic heterocycles. The summed E-state index contributed by atoms with van der Waals surface area (Å²) >= 11 is 1.74. The van der Waals surface area contributed by atoms with Gasteiger partial charge in [0.25, 0.3) is 10.1 Å². The van der Waals surface area contributed by atoms with Gasteiger partial charge in [-0.3, -0.25) is 9.45 Å². The monoisotopic (exact) mass is 529 g/mol. The Balaban J connectivity index is 1.69. The van der Waals surface area contributed by atoms with Gasteiger partial charge in [-0.15, -0.1) is 0 Å². The predicted octanol–water partition coefficient (Wildman–Crippen LogP) is 6.38. The van der Waals surface area contributed by atoms with Gasteiger partial charge in [-0.1, -0.05) is 69.3 Å². The van der Waals surface area contributed by atoms with Crippen molar-refractivity contribution < 1.29 is 13.0 Å². The zero-order chi connectivity index (χ0) is 25.7. The highest BCUT2D eigenvalue weighted by molar-refractivity contribution is 7.99. The minimum absolute atomic E-state index is 0.171. The van der Waals surface area contributed by atoms with Crippen LogP contribution in [0.3, 0.4) is 0 Å². The van der Waals surface area contributed by atoms with E-state index >= 15 is 0 Å². The molecule has 0 bridgehead atoms. The molecule has 2 aromatic carbocycles. The van der Waals surface area contributed by atoms with Crippen LogP contribution < -0.4 is 4.90 Å². The summed E-state index contributed by atoms with van der Waals surface area (Å²) < 4.78 is 36.6. The average Bonchev–Trinajstić information content (AvgIpc) is 2.85. The molecule has 3 unspecified atom stereocenters. The van der Waals surface area contributed by atoms with Gasteiger partial charge in [-0.25, -0.2) is 0 Å². The normalized spacial score (nSPS) is 20.8. The molecule has 0 saturated carbocycles. The van der Waals surface area contributed by atoms with Crippen molar-refractivity contribution in [1.29, 1.82) is 0 Å². The number of fused-ring (bicyclic) bond motifs is 2. The fourth-order valence-corrected chi connectivity index (χ4v) is 7.65. The van der Waals surface area contributed by atoms with Crippen LogP contribution >= 0.6 is 11.8 Å². The molecule has 2 aromatic rings. The molecule has 1 N–H and O–H groups in total. The van der Waals surface area contributed by atoms with E-state index in [-0.39, 0.29) is 6.04 Å². The quantitative estimate of drug-likeness (QED) is 0.339. The highest BCUT2D eigenvalue weighted by Gasteiger charge is 2.42. The van der Waals surface area contributed by atoms with Gasteiger partial charge >= 0.3 is 0 Å². The molecule has 2 heterocycles. The Hall–Kier alpha value is -2.00. The molecule has 3 atom stereocenters. The standard InChI is InChI=1S/C28H39N3O3S2/c1-4-11-22-16-20-29(18-5-2)28(30(22)19-6-3)27(36(32,33)34)17-21-31-23-12-7-9-14-25(23)35-26-15-10-8-13-24(26)31/h7-10,12-16,20,22,27-28H,4-6,11,17-19,21H2,1-3H3,(H,32,33,34). The fourth-order valence-electron chi connectivity index (χ4n) is 5.53.